The van der Waals surface area contributed by atoms with E-state index in [-0.39, 0.29) is 59.3 Å². The molecule has 6 amide bonds. The number of hydrogen-bond acceptors (Lipinski definition) is 10. The number of ether oxygens (including phenoxy) is 1. The molecule has 306 valence electrons. The van der Waals surface area contributed by atoms with E-state index in [0.29, 0.717) is 62.8 Å². The summed E-state index contributed by atoms with van der Waals surface area (Å²) >= 11 is 0.633. The average molecular weight is 812 g/mol. The van der Waals surface area contributed by atoms with Gasteiger partial charge in [0, 0.05) is 54.8 Å². The number of anilines is 1. The van der Waals surface area contributed by atoms with E-state index in [1.54, 1.807) is 30.9 Å². The molecule has 6 rings (SSSR count). The van der Waals surface area contributed by atoms with E-state index in [0.717, 1.165) is 41.6 Å². The summed E-state index contributed by atoms with van der Waals surface area (Å²) in [5.74, 6) is -1.59. The van der Waals surface area contributed by atoms with Crippen LogP contribution in [-0.4, -0.2) is 111 Å². The van der Waals surface area contributed by atoms with Crippen LogP contribution in [0.15, 0.2) is 47.4 Å². The first-order chi connectivity index (χ1) is 27.0. The molecule has 1 aliphatic carbocycles. The number of piperazine rings is 1. The third kappa shape index (κ3) is 9.46. The highest BCUT2D eigenvalue weighted by Gasteiger charge is 2.55. The summed E-state index contributed by atoms with van der Waals surface area (Å²) in [5, 5.41) is 14.5. The van der Waals surface area contributed by atoms with Crippen molar-refractivity contribution in [1.82, 2.24) is 24.3 Å². The van der Waals surface area contributed by atoms with Gasteiger partial charge in [-0.15, -0.1) is 0 Å². The first kappa shape index (κ1) is 42.1. The number of alkyl halides is 3. The molecule has 2 aromatic rings. The SMILES string of the molecule is C[C@@H]1CN(CCOC2CCC(N3C(=O)N(Sc4ccc(C#N)c(C(F)(F)F)c4)C(=O)C3(C)C)CC2)C[C@H](C)N1CC(=O)Nc1ccc(C2CCC(=O)NC2=O)cc1. The van der Waals surface area contributed by atoms with Gasteiger partial charge in [0.1, 0.15) is 5.54 Å². The van der Waals surface area contributed by atoms with E-state index < -0.39 is 34.8 Å². The Morgan fingerprint density at radius 2 is 1.67 bits per heavy atom. The molecule has 57 heavy (non-hydrogen) atoms. The molecule has 3 atom stereocenters. The predicted octanol–water partition coefficient (Wildman–Crippen LogP) is 5.51. The summed E-state index contributed by atoms with van der Waals surface area (Å²) in [4.78, 5) is 69.8. The van der Waals surface area contributed by atoms with E-state index in [2.05, 4.69) is 34.3 Å². The van der Waals surface area contributed by atoms with Crippen molar-refractivity contribution in [3.63, 3.8) is 0 Å². The molecular weight excluding hydrogens is 764 g/mol. The Morgan fingerprint density at radius 3 is 2.28 bits per heavy atom. The number of imide groups is 2. The molecule has 0 aromatic heterocycles. The number of nitrogens with zero attached hydrogens (tertiary/aromatic N) is 5. The Morgan fingerprint density at radius 1 is 1.00 bits per heavy atom. The van der Waals surface area contributed by atoms with Gasteiger partial charge in [-0.25, -0.2) is 4.79 Å². The van der Waals surface area contributed by atoms with Gasteiger partial charge < -0.3 is 15.0 Å². The molecule has 0 bridgehead atoms. The van der Waals surface area contributed by atoms with Crippen LogP contribution in [0.5, 0.6) is 0 Å². The second-order valence-electron chi connectivity index (χ2n) is 15.8. The third-order valence-corrected chi connectivity index (χ3v) is 12.4. The van der Waals surface area contributed by atoms with Crippen molar-refractivity contribution >= 4 is 47.3 Å². The van der Waals surface area contributed by atoms with Gasteiger partial charge in [-0.05, 0) is 108 Å². The van der Waals surface area contributed by atoms with E-state index in [9.17, 15) is 37.1 Å². The summed E-state index contributed by atoms with van der Waals surface area (Å²) in [6, 6.07) is 11.3. The number of nitriles is 1. The fourth-order valence-corrected chi connectivity index (χ4v) is 9.42. The summed E-state index contributed by atoms with van der Waals surface area (Å²) in [7, 11) is 0. The largest absolute Gasteiger partial charge is 0.417 e. The maximum Gasteiger partial charge on any atom is 0.417 e. The van der Waals surface area contributed by atoms with E-state index in [1.165, 1.54) is 12.1 Å². The molecule has 3 aliphatic heterocycles. The number of piperidine rings is 1. The fraction of sp³-hybridized carbons (Fsp3) is 0.550. The zero-order valence-corrected chi connectivity index (χ0v) is 33.3. The molecule has 0 radical (unpaired) electrons. The lowest BCUT2D eigenvalue weighted by molar-refractivity contribution is -0.138. The molecule has 17 heteroatoms. The number of rotatable bonds is 11. The van der Waals surface area contributed by atoms with Gasteiger partial charge >= 0.3 is 12.2 Å². The Balaban J connectivity index is 0.929. The average Bonchev–Trinajstić information content (AvgIpc) is 3.32. The molecule has 13 nitrogen and oxygen atoms in total. The number of hydrogen-bond donors (Lipinski definition) is 2. The third-order valence-electron chi connectivity index (χ3n) is 11.4. The standard InChI is InChI=1S/C40H48F3N7O6S/c1-24-21-47(22-25(2)48(24)23-35(52)45-28-8-5-26(6-9-28)32-15-16-34(51)46-36(32)53)17-18-56-30-12-10-29(11-13-30)49-38(55)50(37(54)39(49,3)4)57-31-14-7-27(20-44)33(19-31)40(41,42)43/h5-9,14,19,24-25,29-30,32H,10-13,15-18,21-23H2,1-4H3,(H,45,52)(H,46,51,53)/t24-,25+,29?,30?,32?. The van der Waals surface area contributed by atoms with E-state index >= 15 is 0 Å². The first-order valence-corrected chi connectivity index (χ1v) is 20.0. The van der Waals surface area contributed by atoms with Crippen LogP contribution in [0.2, 0.25) is 0 Å². The summed E-state index contributed by atoms with van der Waals surface area (Å²) in [5.41, 5.74) is -1.41. The molecule has 2 aromatic carbocycles. The molecule has 2 N–H and O–H groups in total. The van der Waals surface area contributed by atoms with Crippen LogP contribution in [0.3, 0.4) is 0 Å². The smallest absolute Gasteiger partial charge is 0.377 e. The number of carbonyl (C=O) groups excluding carboxylic acids is 5. The highest BCUT2D eigenvalue weighted by Crippen LogP contribution is 2.42. The second-order valence-corrected chi connectivity index (χ2v) is 16.8. The monoisotopic (exact) mass is 811 g/mol. The van der Waals surface area contributed by atoms with Gasteiger partial charge in [0.2, 0.25) is 17.7 Å². The fourth-order valence-electron chi connectivity index (χ4n) is 8.44. The first-order valence-electron chi connectivity index (χ1n) is 19.3. The van der Waals surface area contributed by atoms with Crippen molar-refractivity contribution in [1.29, 1.82) is 5.26 Å². The molecule has 1 saturated carbocycles. The molecule has 4 fully saturated rings. The molecule has 3 saturated heterocycles. The van der Waals surface area contributed by atoms with Crippen LogP contribution in [0.25, 0.3) is 0 Å². The predicted molar refractivity (Wildman–Crippen MR) is 204 cm³/mol. The quantitative estimate of drug-likeness (QED) is 0.169. The van der Waals surface area contributed by atoms with Crippen LogP contribution >= 0.6 is 11.9 Å². The Labute approximate surface area is 334 Å². The van der Waals surface area contributed by atoms with Gasteiger partial charge in [0.15, 0.2) is 0 Å². The number of nitrogens with one attached hydrogen (secondary N) is 2. The van der Waals surface area contributed by atoms with Gasteiger partial charge in [0.25, 0.3) is 5.91 Å². The normalized spacial score (nSPS) is 26.0. The Kier molecular flexibility index (Phi) is 12.7. The number of halogens is 3. The van der Waals surface area contributed by atoms with Crippen LogP contribution < -0.4 is 10.6 Å². The maximum absolute atomic E-state index is 13.6. The maximum atomic E-state index is 13.6. The van der Waals surface area contributed by atoms with Gasteiger partial charge in [0.05, 0.1) is 42.4 Å². The van der Waals surface area contributed by atoms with Crippen LogP contribution in [0.4, 0.5) is 23.7 Å². The molecule has 1 unspecified atom stereocenters. The number of benzene rings is 2. The van der Waals surface area contributed by atoms with Crippen molar-refractivity contribution < 1.29 is 41.9 Å². The molecular formula is C40H48F3N7O6S. The molecule has 0 spiro atoms. The minimum atomic E-state index is -4.76. The Hall–Kier alpha value is -4.50. The Bertz CT molecular complexity index is 1900. The highest BCUT2D eigenvalue weighted by molar-refractivity contribution is 7.98. The topological polar surface area (TPSA) is 155 Å². The lowest BCUT2D eigenvalue weighted by atomic mass is 9.89. The van der Waals surface area contributed by atoms with Gasteiger partial charge in [-0.3, -0.25) is 34.3 Å². The zero-order chi connectivity index (χ0) is 41.2. The lowest BCUT2D eigenvalue weighted by Crippen LogP contribution is -2.58. The van der Waals surface area contributed by atoms with Crippen molar-refractivity contribution in [3.8, 4) is 6.07 Å². The molecule has 3 heterocycles. The van der Waals surface area contributed by atoms with Crippen molar-refractivity contribution in [2.24, 2.45) is 0 Å². The minimum Gasteiger partial charge on any atom is -0.377 e. The molecule has 4 aliphatic rings. The van der Waals surface area contributed by atoms with Crippen molar-refractivity contribution in [2.75, 3.05) is 38.1 Å². The number of carbonyl (C=O) groups is 5. The summed E-state index contributed by atoms with van der Waals surface area (Å²) < 4.78 is 47.9. The van der Waals surface area contributed by atoms with E-state index in [4.69, 9.17) is 10.00 Å². The highest BCUT2D eigenvalue weighted by atomic mass is 32.2. The lowest BCUT2D eigenvalue weighted by Gasteiger charge is -2.44. The second kappa shape index (κ2) is 17.2. The number of urea groups is 1. The summed E-state index contributed by atoms with van der Waals surface area (Å²) in [6.07, 6.45) is -1.42. The van der Waals surface area contributed by atoms with Gasteiger partial charge in [-0.2, -0.15) is 22.7 Å². The van der Waals surface area contributed by atoms with E-state index in [1.807, 2.05) is 12.1 Å². The summed E-state index contributed by atoms with van der Waals surface area (Å²) in [6.45, 7) is 10.5. The minimum absolute atomic E-state index is 0.0133. The van der Waals surface area contributed by atoms with Crippen LogP contribution in [0, 0.1) is 11.3 Å². The van der Waals surface area contributed by atoms with Crippen LogP contribution in [0.1, 0.15) is 88.8 Å². The van der Waals surface area contributed by atoms with Gasteiger partial charge in [-0.1, -0.05) is 12.1 Å². The zero-order valence-electron chi connectivity index (χ0n) is 32.4. The van der Waals surface area contributed by atoms with Crippen molar-refractivity contribution in [2.45, 2.75) is 113 Å². The number of amides is 6. The van der Waals surface area contributed by atoms with Crippen LogP contribution in [-0.2, 0) is 30.1 Å². The van der Waals surface area contributed by atoms with Crippen molar-refractivity contribution in [3.05, 3.63) is 59.2 Å².